The molecule has 2 aromatic rings. The van der Waals surface area contributed by atoms with Crippen molar-refractivity contribution < 1.29 is 22.7 Å². The number of carbonyl (C=O) groups is 1. The van der Waals surface area contributed by atoms with Crippen molar-refractivity contribution in [2.75, 3.05) is 7.11 Å². The van der Waals surface area contributed by atoms with E-state index >= 15 is 0 Å². The summed E-state index contributed by atoms with van der Waals surface area (Å²) in [5, 5.41) is 6.28. The second kappa shape index (κ2) is 4.75. The number of ether oxygens (including phenoxy) is 1. The number of alkyl halides is 3. The fourth-order valence-electron chi connectivity index (χ4n) is 1.52. The summed E-state index contributed by atoms with van der Waals surface area (Å²) in [5.74, 6) is -0.616. The van der Waals surface area contributed by atoms with E-state index in [0.717, 1.165) is 12.1 Å². The summed E-state index contributed by atoms with van der Waals surface area (Å²) in [6, 6.07) is 5.95. The number of esters is 1. The zero-order chi connectivity index (χ0) is 14.0. The number of aromatic amines is 1. The van der Waals surface area contributed by atoms with E-state index in [2.05, 4.69) is 14.9 Å². The molecule has 0 radical (unpaired) electrons. The second-order valence-corrected chi connectivity index (χ2v) is 3.73. The van der Waals surface area contributed by atoms with E-state index in [-0.39, 0.29) is 5.69 Å². The normalized spacial score (nSPS) is 11.4. The number of aromatic nitrogens is 2. The van der Waals surface area contributed by atoms with Gasteiger partial charge in [0.2, 0.25) is 0 Å². The van der Waals surface area contributed by atoms with Crippen LogP contribution < -0.4 is 0 Å². The average molecular weight is 270 g/mol. The number of methoxy groups -OCH3 is 1. The minimum absolute atomic E-state index is 0.0670. The number of rotatable bonds is 2. The van der Waals surface area contributed by atoms with Gasteiger partial charge in [-0.05, 0) is 23.8 Å². The molecule has 100 valence electrons. The summed E-state index contributed by atoms with van der Waals surface area (Å²) >= 11 is 0. The Balaban J connectivity index is 2.28. The van der Waals surface area contributed by atoms with Gasteiger partial charge in [-0.3, -0.25) is 5.10 Å². The second-order valence-electron chi connectivity index (χ2n) is 3.73. The molecule has 0 atom stereocenters. The van der Waals surface area contributed by atoms with Crippen molar-refractivity contribution in [1.82, 2.24) is 10.2 Å². The number of nitrogens with zero attached hydrogens (tertiary/aromatic N) is 1. The van der Waals surface area contributed by atoms with Gasteiger partial charge in [0, 0.05) is 0 Å². The van der Waals surface area contributed by atoms with Crippen LogP contribution in [0.3, 0.4) is 0 Å². The molecule has 0 aliphatic carbocycles. The molecule has 1 aromatic heterocycles. The molecule has 0 amide bonds. The minimum atomic E-state index is -4.37. The number of halogens is 3. The summed E-state index contributed by atoms with van der Waals surface area (Å²) in [5.41, 5.74) is 0.270. The van der Waals surface area contributed by atoms with Gasteiger partial charge in [-0.15, -0.1) is 0 Å². The highest BCUT2D eigenvalue weighted by Crippen LogP contribution is 2.30. The molecule has 0 saturated carbocycles. The van der Waals surface area contributed by atoms with Crippen molar-refractivity contribution >= 4 is 5.97 Å². The first-order valence-corrected chi connectivity index (χ1v) is 5.23. The van der Waals surface area contributed by atoms with Gasteiger partial charge in [-0.2, -0.15) is 18.3 Å². The van der Waals surface area contributed by atoms with Gasteiger partial charge in [0.15, 0.2) is 5.69 Å². The lowest BCUT2D eigenvalue weighted by Gasteiger charge is -2.06. The zero-order valence-corrected chi connectivity index (χ0v) is 9.78. The Bertz CT molecular complexity index is 588. The van der Waals surface area contributed by atoms with Gasteiger partial charge in [0.05, 0.1) is 18.4 Å². The Morgan fingerprint density at radius 2 is 1.89 bits per heavy atom. The predicted octanol–water partition coefficient (Wildman–Crippen LogP) is 2.88. The number of H-pyrrole nitrogens is 1. The van der Waals surface area contributed by atoms with Crippen molar-refractivity contribution in [2.24, 2.45) is 0 Å². The van der Waals surface area contributed by atoms with Crippen LogP contribution in [0.4, 0.5) is 13.2 Å². The predicted molar refractivity (Wildman–Crippen MR) is 60.4 cm³/mol. The number of nitrogens with one attached hydrogen (secondary N) is 1. The van der Waals surface area contributed by atoms with Crippen LogP contribution in [0.15, 0.2) is 30.3 Å². The molecule has 7 heteroatoms. The number of hydrogen-bond acceptors (Lipinski definition) is 3. The molecule has 0 fully saturated rings. The third kappa shape index (κ3) is 2.75. The monoisotopic (exact) mass is 270 g/mol. The van der Waals surface area contributed by atoms with Crippen molar-refractivity contribution in [3.05, 3.63) is 41.6 Å². The van der Waals surface area contributed by atoms with E-state index in [1.165, 1.54) is 25.3 Å². The van der Waals surface area contributed by atoms with E-state index < -0.39 is 17.7 Å². The number of benzene rings is 1. The molecule has 0 aliphatic rings. The maximum Gasteiger partial charge on any atom is 0.416 e. The van der Waals surface area contributed by atoms with Crippen molar-refractivity contribution in [2.45, 2.75) is 6.18 Å². The molecule has 0 saturated heterocycles. The summed E-state index contributed by atoms with van der Waals surface area (Å²) in [7, 11) is 1.22. The van der Waals surface area contributed by atoms with E-state index in [9.17, 15) is 18.0 Å². The van der Waals surface area contributed by atoms with Crippen LogP contribution in [0, 0.1) is 0 Å². The Morgan fingerprint density at radius 3 is 2.42 bits per heavy atom. The van der Waals surface area contributed by atoms with Crippen molar-refractivity contribution in [3.8, 4) is 11.3 Å². The van der Waals surface area contributed by atoms with E-state index in [1.807, 2.05) is 0 Å². The van der Waals surface area contributed by atoms with Crippen LogP contribution in [0.25, 0.3) is 11.3 Å². The standard InChI is InChI=1S/C12H9F3N2O2/c1-19-11(18)10-6-9(16-17-10)7-2-4-8(5-3-7)12(13,14)15/h2-6H,1H3,(H,16,17). The molecule has 0 aliphatic heterocycles. The van der Waals surface area contributed by atoms with E-state index in [4.69, 9.17) is 0 Å². The Hall–Kier alpha value is -2.31. The van der Waals surface area contributed by atoms with E-state index in [0.29, 0.717) is 11.3 Å². The molecule has 0 bridgehead atoms. The van der Waals surface area contributed by atoms with Crippen LogP contribution >= 0.6 is 0 Å². The van der Waals surface area contributed by atoms with Gasteiger partial charge in [0.25, 0.3) is 0 Å². The van der Waals surface area contributed by atoms with Crippen LogP contribution in [0.5, 0.6) is 0 Å². The topological polar surface area (TPSA) is 55.0 Å². The van der Waals surface area contributed by atoms with Gasteiger partial charge in [0.1, 0.15) is 0 Å². The number of hydrogen-bond donors (Lipinski definition) is 1. The van der Waals surface area contributed by atoms with Crippen molar-refractivity contribution in [3.63, 3.8) is 0 Å². The fraction of sp³-hybridized carbons (Fsp3) is 0.167. The molecular weight excluding hydrogens is 261 g/mol. The SMILES string of the molecule is COC(=O)c1cc(-c2ccc(C(F)(F)F)cc2)[nH]n1. The maximum absolute atomic E-state index is 12.4. The van der Waals surface area contributed by atoms with Gasteiger partial charge < -0.3 is 4.74 Å². The molecule has 1 N–H and O–H groups in total. The highest BCUT2D eigenvalue weighted by Gasteiger charge is 2.30. The lowest BCUT2D eigenvalue weighted by molar-refractivity contribution is -0.137. The van der Waals surface area contributed by atoms with Gasteiger partial charge in [-0.1, -0.05) is 12.1 Å². The molecule has 4 nitrogen and oxygen atoms in total. The summed E-state index contributed by atoms with van der Waals surface area (Å²) in [4.78, 5) is 11.2. The molecule has 1 aromatic carbocycles. The fourth-order valence-corrected chi connectivity index (χ4v) is 1.52. The summed E-state index contributed by atoms with van der Waals surface area (Å²) < 4.78 is 41.7. The highest BCUT2D eigenvalue weighted by atomic mass is 19.4. The molecule has 1 heterocycles. The summed E-state index contributed by atoms with van der Waals surface area (Å²) in [6.45, 7) is 0. The minimum Gasteiger partial charge on any atom is -0.464 e. The Kier molecular flexibility index (Phi) is 3.28. The van der Waals surface area contributed by atoms with Crippen LogP contribution in [0.1, 0.15) is 16.1 Å². The Morgan fingerprint density at radius 1 is 1.26 bits per heavy atom. The average Bonchev–Trinajstić information content (AvgIpc) is 2.86. The third-order valence-electron chi connectivity index (χ3n) is 2.50. The first-order valence-electron chi connectivity index (χ1n) is 5.23. The quantitative estimate of drug-likeness (QED) is 0.854. The first-order chi connectivity index (χ1) is 8.91. The van der Waals surface area contributed by atoms with Crippen LogP contribution in [-0.2, 0) is 10.9 Å². The molecule has 2 rings (SSSR count). The zero-order valence-electron chi connectivity index (χ0n) is 9.78. The molecule has 0 unspecified atom stereocenters. The van der Waals surface area contributed by atoms with Crippen LogP contribution in [0.2, 0.25) is 0 Å². The van der Waals surface area contributed by atoms with Crippen LogP contribution in [-0.4, -0.2) is 23.3 Å². The molecule has 19 heavy (non-hydrogen) atoms. The third-order valence-corrected chi connectivity index (χ3v) is 2.50. The smallest absolute Gasteiger partial charge is 0.416 e. The molecular formula is C12H9F3N2O2. The van der Waals surface area contributed by atoms with Gasteiger partial charge in [-0.25, -0.2) is 4.79 Å². The lowest BCUT2D eigenvalue weighted by Crippen LogP contribution is -2.03. The first kappa shape index (κ1) is 13.1. The maximum atomic E-state index is 12.4. The Labute approximate surface area is 106 Å². The van der Waals surface area contributed by atoms with Crippen molar-refractivity contribution in [1.29, 1.82) is 0 Å². The molecule has 0 spiro atoms. The largest absolute Gasteiger partial charge is 0.464 e. The van der Waals surface area contributed by atoms with Gasteiger partial charge >= 0.3 is 12.1 Å². The number of carbonyl (C=O) groups excluding carboxylic acids is 1. The summed E-state index contributed by atoms with van der Waals surface area (Å²) in [6.07, 6.45) is -4.37. The van der Waals surface area contributed by atoms with E-state index in [1.54, 1.807) is 0 Å². The highest BCUT2D eigenvalue weighted by molar-refractivity contribution is 5.88. The lowest BCUT2D eigenvalue weighted by atomic mass is 10.1.